The van der Waals surface area contributed by atoms with Crippen LogP contribution in [0, 0.1) is 0 Å². The third-order valence-electron chi connectivity index (χ3n) is 10.5. The lowest BCUT2D eigenvalue weighted by Gasteiger charge is -2.11. The summed E-state index contributed by atoms with van der Waals surface area (Å²) in [5, 5.41) is 34.0. The number of thiophene rings is 2. The normalized spacial score (nSPS) is 13.2. The zero-order chi connectivity index (χ0) is 38.0. The van der Waals surface area contributed by atoms with Crippen LogP contribution in [0.4, 0.5) is 0 Å². The lowest BCUT2D eigenvalue weighted by atomic mass is 9.97. The summed E-state index contributed by atoms with van der Waals surface area (Å²) in [5.74, 6) is 0.0341. The van der Waals surface area contributed by atoms with Gasteiger partial charge in [0.1, 0.15) is 35.6 Å². The van der Waals surface area contributed by atoms with Crippen molar-refractivity contribution in [1.82, 2.24) is 15.0 Å². The van der Waals surface area contributed by atoms with E-state index in [4.69, 9.17) is 23.2 Å². The Morgan fingerprint density at radius 3 is 1.89 bits per heavy atom. The molecule has 274 valence electrons. The number of benzene rings is 3. The Bertz CT molecular complexity index is 2940. The number of aromatic nitrogens is 3. The molecule has 10 rings (SSSR count). The van der Waals surface area contributed by atoms with E-state index in [0.717, 1.165) is 54.4 Å². The average Bonchev–Trinajstić information content (AvgIpc) is 3.98. The summed E-state index contributed by atoms with van der Waals surface area (Å²) in [6, 6.07) is 22.7. The quantitative estimate of drug-likeness (QED) is 0.120. The number of rotatable bonds is 4. The van der Waals surface area contributed by atoms with Gasteiger partial charge in [0.05, 0.1) is 21.9 Å². The van der Waals surface area contributed by atoms with E-state index >= 15 is 0 Å². The lowest BCUT2D eigenvalue weighted by molar-refractivity contribution is 0.471. The van der Waals surface area contributed by atoms with Crippen LogP contribution in [0.3, 0.4) is 0 Å². The van der Waals surface area contributed by atoms with Crippen molar-refractivity contribution in [3.8, 4) is 61.8 Å². The molecule has 0 aliphatic heterocycles. The van der Waals surface area contributed by atoms with Gasteiger partial charge in [-0.15, -0.1) is 22.7 Å². The first-order valence-electron chi connectivity index (χ1n) is 17.8. The van der Waals surface area contributed by atoms with Crippen LogP contribution in [0.25, 0.3) is 64.9 Å². The van der Waals surface area contributed by atoms with Gasteiger partial charge in [-0.3, -0.25) is 14.6 Å². The molecule has 0 fully saturated rings. The topological polar surface area (TPSA) is 139 Å². The Kier molecular flexibility index (Phi) is 9.01. The first-order valence-corrected chi connectivity index (χ1v) is 20.1. The molecule has 8 aromatic rings. The van der Waals surface area contributed by atoms with Gasteiger partial charge < -0.3 is 25.3 Å². The van der Waals surface area contributed by atoms with Crippen molar-refractivity contribution in [3.63, 3.8) is 0 Å². The van der Waals surface area contributed by atoms with Gasteiger partial charge in [0.25, 0.3) is 11.1 Å². The first-order chi connectivity index (χ1) is 26.7. The summed E-state index contributed by atoms with van der Waals surface area (Å²) in [7, 11) is 0. The summed E-state index contributed by atoms with van der Waals surface area (Å²) in [6.45, 7) is 0. The zero-order valence-electron chi connectivity index (χ0n) is 29.0. The highest BCUT2D eigenvalue weighted by Crippen LogP contribution is 2.51. The van der Waals surface area contributed by atoms with Crippen molar-refractivity contribution in [2.45, 2.75) is 38.5 Å². The summed E-state index contributed by atoms with van der Waals surface area (Å²) in [5.41, 5.74) is 8.55. The lowest BCUT2D eigenvalue weighted by Crippen LogP contribution is -2.08. The minimum Gasteiger partial charge on any atom is -0.507 e. The first kappa shape index (κ1) is 35.3. The van der Waals surface area contributed by atoms with Crippen molar-refractivity contribution in [2.75, 3.05) is 0 Å². The fourth-order valence-corrected chi connectivity index (χ4v) is 10.7. The largest absolute Gasteiger partial charge is 0.507 e. The van der Waals surface area contributed by atoms with Gasteiger partial charge in [-0.2, -0.15) is 0 Å². The van der Waals surface area contributed by atoms with Crippen molar-refractivity contribution >= 4 is 66.3 Å². The molecule has 3 aromatic carbocycles. The summed E-state index contributed by atoms with van der Waals surface area (Å²) in [6.07, 6.45) is 9.33. The van der Waals surface area contributed by atoms with Crippen molar-refractivity contribution < 1.29 is 15.3 Å². The van der Waals surface area contributed by atoms with Gasteiger partial charge >= 0.3 is 0 Å². The Balaban J connectivity index is 0.000000144. The smallest absolute Gasteiger partial charge is 0.260 e. The fourth-order valence-electron chi connectivity index (χ4n) is 7.96. The molecule has 2 aliphatic rings. The SMILES string of the molecule is O=c1[nH]c2sc(Cl)c(-c3ccc4c(c3)CCC4)c2c(O)c1-c1cccnc1.O=c1[nH]c2sc(Cl)c(-c3ccc4c(c3O)CCC4)c2c(O)c1-c1ccccc1. The van der Waals surface area contributed by atoms with E-state index in [2.05, 4.69) is 27.1 Å². The van der Waals surface area contributed by atoms with Crippen LogP contribution in [-0.4, -0.2) is 30.3 Å². The Morgan fingerprint density at radius 2 is 1.18 bits per heavy atom. The Morgan fingerprint density at radius 1 is 0.582 bits per heavy atom. The maximum atomic E-state index is 12.6. The number of halogens is 2. The van der Waals surface area contributed by atoms with Crippen molar-refractivity contribution in [2.24, 2.45) is 0 Å². The maximum absolute atomic E-state index is 12.6. The number of pyridine rings is 3. The number of aromatic amines is 2. The van der Waals surface area contributed by atoms with E-state index in [1.54, 1.807) is 36.7 Å². The van der Waals surface area contributed by atoms with Gasteiger partial charge in [-0.05, 0) is 78.0 Å². The average molecular weight is 805 g/mol. The second kappa shape index (κ2) is 14.0. The third-order valence-corrected chi connectivity index (χ3v) is 13.1. The van der Waals surface area contributed by atoms with Crippen molar-refractivity contribution in [3.05, 3.63) is 137 Å². The molecule has 5 N–H and O–H groups in total. The van der Waals surface area contributed by atoms with E-state index in [-0.39, 0.29) is 39.5 Å². The number of phenols is 1. The number of hydrogen-bond acceptors (Lipinski definition) is 8. The fraction of sp³-hybridized carbons (Fsp3) is 0.140. The van der Waals surface area contributed by atoms with Crippen LogP contribution in [-0.2, 0) is 25.7 Å². The molecular formula is C43H31Cl2N3O5S2. The van der Waals surface area contributed by atoms with Crippen LogP contribution in [0.5, 0.6) is 17.2 Å². The number of aromatic hydroxyl groups is 3. The highest BCUT2D eigenvalue weighted by atomic mass is 35.5. The monoisotopic (exact) mass is 803 g/mol. The molecule has 0 saturated carbocycles. The van der Waals surface area contributed by atoms with Gasteiger partial charge in [-0.1, -0.05) is 89.9 Å². The van der Waals surface area contributed by atoms with Crippen molar-refractivity contribution in [1.29, 1.82) is 0 Å². The van der Waals surface area contributed by atoms with Crippen LogP contribution in [0.2, 0.25) is 8.67 Å². The van der Waals surface area contributed by atoms with Crippen LogP contribution >= 0.6 is 45.9 Å². The van der Waals surface area contributed by atoms with Gasteiger partial charge in [0.2, 0.25) is 0 Å². The van der Waals surface area contributed by atoms with E-state index in [1.165, 1.54) is 40.2 Å². The molecular weight excluding hydrogens is 774 g/mol. The van der Waals surface area contributed by atoms with E-state index in [1.807, 2.05) is 36.4 Å². The molecule has 0 atom stereocenters. The van der Waals surface area contributed by atoms with Gasteiger partial charge in [0.15, 0.2) is 0 Å². The molecule has 2 aliphatic carbocycles. The second-order valence-electron chi connectivity index (χ2n) is 13.7. The summed E-state index contributed by atoms with van der Waals surface area (Å²) >= 11 is 15.5. The third kappa shape index (κ3) is 6.01. The van der Waals surface area contributed by atoms with E-state index < -0.39 is 0 Å². The minimum atomic E-state index is -0.376. The van der Waals surface area contributed by atoms with E-state index in [9.17, 15) is 24.9 Å². The Labute approximate surface area is 332 Å². The molecule has 8 nitrogen and oxygen atoms in total. The molecule has 5 heterocycles. The molecule has 0 spiro atoms. The summed E-state index contributed by atoms with van der Waals surface area (Å²) in [4.78, 5) is 36.0. The minimum absolute atomic E-state index is 0.0552. The maximum Gasteiger partial charge on any atom is 0.260 e. The number of hydrogen-bond donors (Lipinski definition) is 5. The highest BCUT2D eigenvalue weighted by Gasteiger charge is 2.27. The number of H-pyrrole nitrogens is 2. The van der Waals surface area contributed by atoms with Gasteiger partial charge in [-0.25, -0.2) is 0 Å². The number of nitrogens with one attached hydrogen (secondary N) is 2. The standard InChI is InChI=1S/C22H16ClNO3S.C21H15ClN2O2S/c23-20-16(14-10-9-11-7-4-8-13(11)18(14)25)17-19(26)15(12-5-2-1-3-6-12)21(27)24-22(17)28-20;22-19-15(13-7-6-11-3-1-4-12(11)9-13)17-18(25)16(14-5-2-8-23-10-14)20(26)24-21(17)27-19/h1-3,5-6,9-10,25H,4,7-8H2,(H2,24,26,27);2,5-10H,1,3-4H2,(H2,24,25,26). The van der Waals surface area contributed by atoms with Crippen LogP contribution in [0.15, 0.2) is 94.8 Å². The van der Waals surface area contributed by atoms with Gasteiger partial charge in [0, 0.05) is 34.6 Å². The molecule has 0 unspecified atom stereocenters. The van der Waals surface area contributed by atoms with Crippen LogP contribution < -0.4 is 11.1 Å². The highest BCUT2D eigenvalue weighted by molar-refractivity contribution is 7.23. The summed E-state index contributed by atoms with van der Waals surface area (Å²) < 4.78 is 0.969. The molecule has 0 radical (unpaired) electrons. The molecule has 5 aromatic heterocycles. The molecule has 55 heavy (non-hydrogen) atoms. The van der Waals surface area contributed by atoms with E-state index in [0.29, 0.717) is 51.4 Å². The molecule has 0 amide bonds. The van der Waals surface area contributed by atoms with Crippen LogP contribution in [0.1, 0.15) is 35.1 Å². The molecule has 0 saturated heterocycles. The molecule has 0 bridgehead atoms. The number of nitrogens with zero attached hydrogens (tertiary/aromatic N) is 1. The number of aryl methyl sites for hydroxylation is 3. The number of phenolic OH excluding ortho intramolecular Hbond substituents is 1. The number of fused-ring (bicyclic) bond motifs is 4. The predicted molar refractivity (Wildman–Crippen MR) is 223 cm³/mol. The Hall–Kier alpha value is -5.39. The second-order valence-corrected chi connectivity index (χ2v) is 16.9. The zero-order valence-corrected chi connectivity index (χ0v) is 32.1. The molecule has 12 heteroatoms. The predicted octanol–water partition coefficient (Wildman–Crippen LogP) is 10.6.